The number of anilines is 1. The molecule has 1 fully saturated rings. The predicted molar refractivity (Wildman–Crippen MR) is 74.1 cm³/mol. The average molecular weight is 292 g/mol. The molecule has 1 heterocycles. The summed E-state index contributed by atoms with van der Waals surface area (Å²) in [7, 11) is 0. The van der Waals surface area contributed by atoms with Gasteiger partial charge in [-0.25, -0.2) is 4.79 Å². The Morgan fingerprint density at radius 2 is 2.14 bits per heavy atom. The van der Waals surface area contributed by atoms with Gasteiger partial charge in [0.05, 0.1) is 5.92 Å². The minimum absolute atomic E-state index is 0.0606. The highest BCUT2D eigenvalue weighted by Gasteiger charge is 2.33. The number of carbonyl (C=O) groups excluding carboxylic acids is 2. The SMILES string of the molecule is CCN1CC(C(=O)Nc2ccc(O)c(C(=O)O)c2)CC1=O. The van der Waals surface area contributed by atoms with E-state index in [9.17, 15) is 19.5 Å². The Morgan fingerprint density at radius 3 is 2.71 bits per heavy atom. The largest absolute Gasteiger partial charge is 0.507 e. The molecule has 2 amide bonds. The van der Waals surface area contributed by atoms with E-state index in [1.54, 1.807) is 4.90 Å². The van der Waals surface area contributed by atoms with Crippen LogP contribution in [0.5, 0.6) is 5.75 Å². The quantitative estimate of drug-likeness (QED) is 0.715. The molecule has 0 saturated carbocycles. The maximum absolute atomic E-state index is 12.1. The molecule has 0 radical (unpaired) electrons. The van der Waals surface area contributed by atoms with Crippen LogP contribution in [0.1, 0.15) is 23.7 Å². The van der Waals surface area contributed by atoms with Crippen LogP contribution < -0.4 is 5.32 Å². The van der Waals surface area contributed by atoms with Crippen molar-refractivity contribution < 1.29 is 24.6 Å². The first-order valence-corrected chi connectivity index (χ1v) is 6.57. The number of aromatic carboxylic acids is 1. The van der Waals surface area contributed by atoms with E-state index < -0.39 is 11.9 Å². The molecule has 0 spiro atoms. The summed E-state index contributed by atoms with van der Waals surface area (Å²) in [5, 5.41) is 20.9. The Hall–Kier alpha value is -2.57. The molecule has 1 aliphatic rings. The number of hydrogen-bond donors (Lipinski definition) is 3. The van der Waals surface area contributed by atoms with Crippen LogP contribution in [0.15, 0.2) is 18.2 Å². The van der Waals surface area contributed by atoms with E-state index in [0.29, 0.717) is 13.1 Å². The lowest BCUT2D eigenvalue weighted by Gasteiger charge is -2.14. The monoisotopic (exact) mass is 292 g/mol. The standard InChI is InChI=1S/C14H16N2O5/c1-2-16-7-8(5-12(16)18)13(19)15-9-3-4-11(17)10(6-9)14(20)21/h3-4,6,8,17H,2,5,7H2,1H3,(H,15,19)(H,20,21). The van der Waals surface area contributed by atoms with E-state index in [4.69, 9.17) is 5.11 Å². The van der Waals surface area contributed by atoms with Crippen LogP contribution in [0.2, 0.25) is 0 Å². The number of carboxylic acid groups (broad SMARTS) is 1. The van der Waals surface area contributed by atoms with Crippen molar-refractivity contribution in [1.82, 2.24) is 4.90 Å². The zero-order chi connectivity index (χ0) is 15.6. The summed E-state index contributed by atoms with van der Waals surface area (Å²) in [6.07, 6.45) is 0.156. The molecule has 1 atom stereocenters. The van der Waals surface area contributed by atoms with Crippen molar-refractivity contribution in [3.63, 3.8) is 0 Å². The molecule has 3 N–H and O–H groups in total. The minimum atomic E-state index is -1.28. The van der Waals surface area contributed by atoms with Gasteiger partial charge in [0, 0.05) is 25.2 Å². The molecule has 1 aliphatic heterocycles. The van der Waals surface area contributed by atoms with Crippen molar-refractivity contribution in [1.29, 1.82) is 0 Å². The molecule has 1 aromatic rings. The predicted octanol–water partition coefficient (Wildman–Crippen LogP) is 0.897. The average Bonchev–Trinajstić information content (AvgIpc) is 2.82. The van der Waals surface area contributed by atoms with Gasteiger partial charge in [0.1, 0.15) is 11.3 Å². The molecule has 1 aromatic carbocycles. The van der Waals surface area contributed by atoms with E-state index in [-0.39, 0.29) is 35.2 Å². The van der Waals surface area contributed by atoms with Crippen molar-refractivity contribution >= 4 is 23.5 Å². The van der Waals surface area contributed by atoms with E-state index >= 15 is 0 Å². The molecule has 1 unspecified atom stereocenters. The molecular weight excluding hydrogens is 276 g/mol. The number of carbonyl (C=O) groups is 3. The van der Waals surface area contributed by atoms with Crippen LogP contribution in [-0.2, 0) is 9.59 Å². The molecule has 2 rings (SSSR count). The van der Waals surface area contributed by atoms with Gasteiger partial charge in [-0.05, 0) is 25.1 Å². The van der Waals surface area contributed by atoms with Gasteiger partial charge < -0.3 is 20.4 Å². The second-order valence-corrected chi connectivity index (χ2v) is 4.86. The van der Waals surface area contributed by atoms with Crippen LogP contribution in [0.25, 0.3) is 0 Å². The van der Waals surface area contributed by atoms with Gasteiger partial charge in [-0.2, -0.15) is 0 Å². The lowest BCUT2D eigenvalue weighted by molar-refractivity contribution is -0.128. The number of hydrogen-bond acceptors (Lipinski definition) is 4. The number of nitrogens with one attached hydrogen (secondary N) is 1. The van der Waals surface area contributed by atoms with Crippen molar-refractivity contribution in [2.24, 2.45) is 5.92 Å². The number of phenols is 1. The van der Waals surface area contributed by atoms with Crippen molar-refractivity contribution in [2.75, 3.05) is 18.4 Å². The number of carboxylic acids is 1. The minimum Gasteiger partial charge on any atom is -0.507 e. The lowest BCUT2D eigenvalue weighted by atomic mass is 10.1. The highest BCUT2D eigenvalue weighted by atomic mass is 16.4. The lowest BCUT2D eigenvalue weighted by Crippen LogP contribution is -2.28. The van der Waals surface area contributed by atoms with E-state index in [1.807, 2.05) is 6.92 Å². The van der Waals surface area contributed by atoms with Crippen molar-refractivity contribution in [3.8, 4) is 5.75 Å². The van der Waals surface area contributed by atoms with E-state index in [0.717, 1.165) is 0 Å². The Bertz CT molecular complexity index is 599. The molecule has 7 heteroatoms. The Morgan fingerprint density at radius 1 is 1.43 bits per heavy atom. The fraction of sp³-hybridized carbons (Fsp3) is 0.357. The first-order valence-electron chi connectivity index (χ1n) is 6.57. The normalized spacial score (nSPS) is 17.9. The summed E-state index contributed by atoms with van der Waals surface area (Å²) in [6, 6.07) is 3.80. The maximum atomic E-state index is 12.1. The number of nitrogens with zero attached hydrogens (tertiary/aromatic N) is 1. The molecule has 0 bridgehead atoms. The van der Waals surface area contributed by atoms with E-state index in [2.05, 4.69) is 5.32 Å². The second-order valence-electron chi connectivity index (χ2n) is 4.86. The highest BCUT2D eigenvalue weighted by molar-refractivity contribution is 5.99. The van der Waals surface area contributed by atoms with Crippen molar-refractivity contribution in [3.05, 3.63) is 23.8 Å². The van der Waals surface area contributed by atoms with Gasteiger partial charge in [0.25, 0.3) is 0 Å². The fourth-order valence-electron chi connectivity index (χ4n) is 2.28. The summed E-state index contributed by atoms with van der Waals surface area (Å²) >= 11 is 0. The molecule has 21 heavy (non-hydrogen) atoms. The second kappa shape index (κ2) is 5.82. The summed E-state index contributed by atoms with van der Waals surface area (Å²) in [6.45, 7) is 2.77. The topological polar surface area (TPSA) is 107 Å². The third-order valence-electron chi connectivity index (χ3n) is 3.46. The van der Waals surface area contributed by atoms with Crippen LogP contribution >= 0.6 is 0 Å². The summed E-state index contributed by atoms with van der Waals surface area (Å²) in [5.74, 6) is -2.49. The fourth-order valence-corrected chi connectivity index (χ4v) is 2.28. The van der Waals surface area contributed by atoms with Crippen molar-refractivity contribution in [2.45, 2.75) is 13.3 Å². The zero-order valence-corrected chi connectivity index (χ0v) is 11.5. The Balaban J connectivity index is 2.09. The number of benzene rings is 1. The number of amides is 2. The molecule has 0 aliphatic carbocycles. The van der Waals surface area contributed by atoms with Crippen LogP contribution in [0.3, 0.4) is 0 Å². The van der Waals surface area contributed by atoms with Gasteiger partial charge in [-0.3, -0.25) is 9.59 Å². The summed E-state index contributed by atoms with van der Waals surface area (Å²) < 4.78 is 0. The Kier molecular flexibility index (Phi) is 4.11. The van der Waals surface area contributed by atoms with Crippen LogP contribution in [0.4, 0.5) is 5.69 Å². The third-order valence-corrected chi connectivity index (χ3v) is 3.46. The third kappa shape index (κ3) is 3.13. The highest BCUT2D eigenvalue weighted by Crippen LogP contribution is 2.23. The molecule has 112 valence electrons. The molecule has 7 nitrogen and oxygen atoms in total. The molecule has 0 aromatic heterocycles. The Labute approximate surface area is 121 Å². The summed E-state index contributed by atoms with van der Waals surface area (Å²) in [5.41, 5.74) is -0.0110. The molecular formula is C14H16N2O5. The maximum Gasteiger partial charge on any atom is 0.339 e. The summed E-state index contributed by atoms with van der Waals surface area (Å²) in [4.78, 5) is 36.2. The first kappa shape index (κ1) is 14.8. The van der Waals surface area contributed by atoms with Gasteiger partial charge in [-0.15, -0.1) is 0 Å². The van der Waals surface area contributed by atoms with Crippen LogP contribution in [-0.4, -0.2) is 46.0 Å². The number of rotatable bonds is 4. The van der Waals surface area contributed by atoms with Gasteiger partial charge in [0.2, 0.25) is 11.8 Å². The zero-order valence-electron chi connectivity index (χ0n) is 11.5. The molecule has 1 saturated heterocycles. The van der Waals surface area contributed by atoms with Gasteiger partial charge in [0.15, 0.2) is 0 Å². The smallest absolute Gasteiger partial charge is 0.339 e. The van der Waals surface area contributed by atoms with Crippen LogP contribution in [0, 0.1) is 5.92 Å². The van der Waals surface area contributed by atoms with E-state index in [1.165, 1.54) is 18.2 Å². The number of aromatic hydroxyl groups is 1. The van der Waals surface area contributed by atoms with Gasteiger partial charge in [-0.1, -0.05) is 0 Å². The first-order chi connectivity index (χ1) is 9.92. The number of likely N-dealkylation sites (tertiary alicyclic amines) is 1. The van der Waals surface area contributed by atoms with Gasteiger partial charge >= 0.3 is 5.97 Å².